The molecule has 0 amide bonds. The van der Waals surface area contributed by atoms with E-state index in [1.807, 2.05) is 20.8 Å². The highest BCUT2D eigenvalue weighted by Gasteiger charge is 2.23. The average molecular weight is 240 g/mol. The molecular weight excluding hydrogens is 219 g/mol. The van der Waals surface area contributed by atoms with Crippen LogP contribution in [0, 0.1) is 0 Å². The topological polar surface area (TPSA) is 65.0 Å². The molecule has 0 radical (unpaired) electrons. The lowest BCUT2D eigenvalue weighted by Gasteiger charge is -2.16. The summed E-state index contributed by atoms with van der Waals surface area (Å²) in [5.74, 6) is 0. The first-order chi connectivity index (χ1) is 7.05. The molecule has 6 heteroatoms. The Labute approximate surface area is 91.3 Å². The van der Waals surface area contributed by atoms with Gasteiger partial charge in [-0.05, 0) is 19.3 Å². The smallest absolute Gasteiger partial charge is 0.301 e. The normalized spacial score (nSPS) is 17.3. The Morgan fingerprint density at radius 1 is 1.27 bits per heavy atom. The summed E-state index contributed by atoms with van der Waals surface area (Å²) in [5, 5.41) is 0. The first kappa shape index (κ1) is 15.1. The Bertz CT molecular complexity index is 197. The van der Waals surface area contributed by atoms with E-state index in [9.17, 15) is 4.57 Å². The highest BCUT2D eigenvalue weighted by molar-refractivity contribution is 7.47. The molecule has 1 N–H and O–H groups in total. The number of phosphoric acid groups is 1. The molecule has 0 bridgehead atoms. The van der Waals surface area contributed by atoms with E-state index in [0.29, 0.717) is 6.42 Å². The minimum atomic E-state index is -4.02. The molecule has 2 unspecified atom stereocenters. The molecule has 0 saturated carbocycles. The van der Waals surface area contributed by atoms with Crippen molar-refractivity contribution in [3.8, 4) is 0 Å². The third-order valence-electron chi connectivity index (χ3n) is 1.80. The zero-order valence-electron chi connectivity index (χ0n) is 9.64. The summed E-state index contributed by atoms with van der Waals surface area (Å²) in [5.41, 5.74) is 0. The van der Waals surface area contributed by atoms with Crippen LogP contribution in [0.1, 0.15) is 46.5 Å². The van der Waals surface area contributed by atoms with Gasteiger partial charge in [-0.15, -0.1) is 4.67 Å². The lowest BCUT2D eigenvalue weighted by Crippen LogP contribution is -2.11. The molecule has 0 aliphatic carbocycles. The van der Waals surface area contributed by atoms with E-state index in [1.54, 1.807) is 0 Å². The summed E-state index contributed by atoms with van der Waals surface area (Å²) >= 11 is 0. The van der Waals surface area contributed by atoms with Crippen molar-refractivity contribution in [2.75, 3.05) is 6.61 Å². The fourth-order valence-electron chi connectivity index (χ4n) is 0.986. The predicted octanol–water partition coefficient (Wildman–Crippen LogP) is 3.04. The van der Waals surface area contributed by atoms with E-state index < -0.39 is 7.82 Å². The molecule has 2 atom stereocenters. The van der Waals surface area contributed by atoms with E-state index in [0.717, 1.165) is 19.3 Å². The molecule has 0 heterocycles. The fourth-order valence-corrected chi connectivity index (χ4v) is 1.67. The van der Waals surface area contributed by atoms with Crippen LogP contribution < -0.4 is 0 Å². The minimum absolute atomic E-state index is 0.152. The van der Waals surface area contributed by atoms with Crippen LogP contribution in [0.5, 0.6) is 0 Å². The molecule has 0 aliphatic rings. The zero-order chi connectivity index (χ0) is 11.7. The van der Waals surface area contributed by atoms with Gasteiger partial charge in [-0.1, -0.05) is 27.2 Å². The van der Waals surface area contributed by atoms with Crippen molar-refractivity contribution >= 4 is 7.82 Å². The first-order valence-corrected chi connectivity index (χ1v) is 6.87. The second kappa shape index (κ2) is 8.25. The van der Waals surface area contributed by atoms with Gasteiger partial charge in [-0.2, -0.15) is 0 Å². The van der Waals surface area contributed by atoms with Crippen molar-refractivity contribution in [2.45, 2.75) is 52.6 Å². The SMILES string of the molecule is CCCOP(=O)(O)OOC(CC)CCC. The summed E-state index contributed by atoms with van der Waals surface area (Å²) in [4.78, 5) is 14.0. The van der Waals surface area contributed by atoms with Crippen LogP contribution in [0.4, 0.5) is 0 Å². The van der Waals surface area contributed by atoms with Crippen LogP contribution >= 0.6 is 7.82 Å². The Kier molecular flexibility index (Phi) is 8.29. The summed E-state index contributed by atoms with van der Waals surface area (Å²) in [6.45, 7) is 5.96. The molecule has 0 fully saturated rings. The Balaban J connectivity index is 3.84. The van der Waals surface area contributed by atoms with Crippen molar-refractivity contribution < 1.29 is 23.5 Å². The highest BCUT2D eigenvalue weighted by atomic mass is 31.2. The molecule has 0 aromatic heterocycles. The first-order valence-electron chi connectivity index (χ1n) is 5.38. The molecule has 0 aromatic rings. The van der Waals surface area contributed by atoms with Gasteiger partial charge in [0.05, 0.1) is 12.7 Å². The molecule has 5 nitrogen and oxygen atoms in total. The highest BCUT2D eigenvalue weighted by Crippen LogP contribution is 2.44. The fraction of sp³-hybridized carbons (Fsp3) is 1.00. The maximum Gasteiger partial charge on any atom is 0.499 e. The Morgan fingerprint density at radius 3 is 2.40 bits per heavy atom. The molecule has 0 aliphatic heterocycles. The molecule has 15 heavy (non-hydrogen) atoms. The number of rotatable bonds is 9. The van der Waals surface area contributed by atoms with Crippen molar-refractivity contribution in [3.63, 3.8) is 0 Å². The van der Waals surface area contributed by atoms with Gasteiger partial charge in [0.15, 0.2) is 0 Å². The number of hydrogen-bond donors (Lipinski definition) is 1. The van der Waals surface area contributed by atoms with Gasteiger partial charge in [0.2, 0.25) is 0 Å². The summed E-state index contributed by atoms with van der Waals surface area (Å²) in [6.07, 6.45) is 2.97. The zero-order valence-corrected chi connectivity index (χ0v) is 10.5. The maximum absolute atomic E-state index is 11.2. The summed E-state index contributed by atoms with van der Waals surface area (Å²) < 4.78 is 20.2. The van der Waals surface area contributed by atoms with Crippen LogP contribution in [0.15, 0.2) is 0 Å². The largest absolute Gasteiger partial charge is 0.499 e. The van der Waals surface area contributed by atoms with E-state index in [4.69, 9.17) is 9.78 Å². The van der Waals surface area contributed by atoms with E-state index in [-0.39, 0.29) is 12.7 Å². The molecular formula is C9H21O5P. The average Bonchev–Trinajstić information content (AvgIpc) is 2.21. The second-order valence-electron chi connectivity index (χ2n) is 3.29. The quantitative estimate of drug-likeness (QED) is 0.381. The monoisotopic (exact) mass is 240 g/mol. The van der Waals surface area contributed by atoms with Crippen LogP contribution in [-0.2, 0) is 18.7 Å². The van der Waals surface area contributed by atoms with Gasteiger partial charge in [0, 0.05) is 0 Å². The van der Waals surface area contributed by atoms with E-state index in [2.05, 4.69) is 9.20 Å². The lowest BCUT2D eigenvalue weighted by atomic mass is 10.2. The van der Waals surface area contributed by atoms with Crippen LogP contribution in [0.3, 0.4) is 0 Å². The summed E-state index contributed by atoms with van der Waals surface area (Å²) in [7, 11) is -4.02. The molecule has 0 rings (SSSR count). The molecule has 0 spiro atoms. The van der Waals surface area contributed by atoms with Gasteiger partial charge in [0.1, 0.15) is 0 Å². The predicted molar refractivity (Wildman–Crippen MR) is 57.2 cm³/mol. The molecule has 0 saturated heterocycles. The van der Waals surface area contributed by atoms with Crippen LogP contribution in [-0.4, -0.2) is 17.6 Å². The van der Waals surface area contributed by atoms with E-state index >= 15 is 0 Å². The van der Waals surface area contributed by atoms with Gasteiger partial charge >= 0.3 is 7.82 Å². The van der Waals surface area contributed by atoms with Gasteiger partial charge in [0.25, 0.3) is 0 Å². The third kappa shape index (κ3) is 7.94. The Morgan fingerprint density at radius 2 is 1.93 bits per heavy atom. The van der Waals surface area contributed by atoms with Gasteiger partial charge in [-0.25, -0.2) is 9.45 Å². The third-order valence-corrected chi connectivity index (χ3v) is 2.58. The van der Waals surface area contributed by atoms with Crippen molar-refractivity contribution in [1.82, 2.24) is 0 Å². The Hall–Kier alpha value is 0.0700. The maximum atomic E-state index is 11.2. The number of hydrogen-bond acceptors (Lipinski definition) is 4. The second-order valence-corrected chi connectivity index (χ2v) is 4.64. The molecule has 92 valence electrons. The standard InChI is InChI=1S/C9H21O5P/c1-4-7-9(6-3)13-14-15(10,11)12-8-5-2/h9H,4-8H2,1-3H3,(H,10,11). The van der Waals surface area contributed by atoms with Crippen molar-refractivity contribution in [3.05, 3.63) is 0 Å². The minimum Gasteiger partial charge on any atom is -0.301 e. The van der Waals surface area contributed by atoms with Gasteiger partial charge < -0.3 is 4.89 Å². The van der Waals surface area contributed by atoms with Crippen molar-refractivity contribution in [1.29, 1.82) is 0 Å². The summed E-state index contributed by atoms with van der Waals surface area (Å²) in [6, 6.07) is 0. The lowest BCUT2D eigenvalue weighted by molar-refractivity contribution is -0.261. The van der Waals surface area contributed by atoms with E-state index in [1.165, 1.54) is 0 Å². The van der Waals surface area contributed by atoms with Crippen LogP contribution in [0.25, 0.3) is 0 Å². The van der Waals surface area contributed by atoms with Crippen LogP contribution in [0.2, 0.25) is 0 Å². The van der Waals surface area contributed by atoms with Crippen molar-refractivity contribution in [2.24, 2.45) is 0 Å². The number of phosphoric ester groups is 1. The molecule has 0 aromatic carbocycles. The van der Waals surface area contributed by atoms with Gasteiger partial charge in [-0.3, -0.25) is 4.52 Å².